The fourth-order valence-electron chi connectivity index (χ4n) is 1.59. The van der Waals surface area contributed by atoms with E-state index in [1.807, 2.05) is 0 Å². The Morgan fingerprint density at radius 1 is 1.05 bits per heavy atom. The maximum Gasteiger partial charge on any atom is 0.337 e. The summed E-state index contributed by atoms with van der Waals surface area (Å²) in [5, 5.41) is 9.41. The van der Waals surface area contributed by atoms with Crippen LogP contribution >= 0.6 is 11.6 Å². The maximum atomic E-state index is 11.8. The molecule has 1 amide bonds. The lowest BCUT2D eigenvalue weighted by Gasteiger charge is -2.11. The number of amides is 1. The topological polar surface area (TPSA) is 78.4 Å². The zero-order valence-corrected chi connectivity index (χ0v) is 11.0. The van der Waals surface area contributed by atoms with Gasteiger partial charge in [-0.2, -0.15) is 0 Å². The van der Waals surface area contributed by atoms with Crippen molar-refractivity contribution < 1.29 is 14.7 Å². The fourth-order valence-corrected chi connectivity index (χ4v) is 1.76. The van der Waals surface area contributed by atoms with E-state index in [4.69, 9.17) is 16.7 Å². The largest absolute Gasteiger partial charge is 0.478 e. The Morgan fingerprint density at radius 2 is 1.75 bits per heavy atom. The van der Waals surface area contributed by atoms with E-state index in [-0.39, 0.29) is 17.2 Å². The van der Waals surface area contributed by atoms with Gasteiger partial charge >= 0.3 is 5.97 Å². The Balaban J connectivity index is 2.13. The summed E-state index contributed by atoms with van der Waals surface area (Å²) in [7, 11) is 0. The first-order chi connectivity index (χ1) is 9.58. The minimum Gasteiger partial charge on any atom is -0.478 e. The Bertz CT molecular complexity index is 644. The summed E-state index contributed by atoms with van der Waals surface area (Å²) >= 11 is 5.81. The zero-order chi connectivity index (χ0) is 14.5. The average molecular weight is 291 g/mol. The Hall–Kier alpha value is -2.53. The molecule has 0 aliphatic carbocycles. The molecule has 0 aliphatic heterocycles. The number of anilines is 1. The van der Waals surface area contributed by atoms with Gasteiger partial charge in [0, 0.05) is 10.6 Å². The summed E-state index contributed by atoms with van der Waals surface area (Å²) in [4.78, 5) is 22.9. The summed E-state index contributed by atoms with van der Waals surface area (Å²) in [6.45, 7) is 0. The molecule has 0 saturated carbocycles. The third-order valence-electron chi connectivity index (χ3n) is 2.56. The monoisotopic (exact) mass is 290 g/mol. The third kappa shape index (κ3) is 3.27. The molecule has 102 valence electrons. The van der Waals surface area contributed by atoms with Crippen LogP contribution in [0.5, 0.6) is 0 Å². The van der Waals surface area contributed by atoms with E-state index in [9.17, 15) is 9.59 Å². The van der Waals surface area contributed by atoms with Crippen LogP contribution in [0.4, 0.5) is 5.69 Å². The molecule has 0 spiro atoms. The second-order valence-electron chi connectivity index (χ2n) is 3.94. The molecular formula is C14H11ClN2O3. The van der Waals surface area contributed by atoms with Gasteiger partial charge in [0.05, 0.1) is 11.3 Å². The van der Waals surface area contributed by atoms with Crippen LogP contribution in [0.3, 0.4) is 0 Å². The molecular weight excluding hydrogens is 280 g/mol. The predicted molar refractivity (Wildman–Crippen MR) is 75.9 cm³/mol. The standard InChI is InChI=1S/C14H11ClN2O3/c15-10-6-7-11(14(19)20)12(8-10)16-17-13(18)9-4-2-1-3-5-9/h1-8,16H,(H,17,18)(H,19,20). The molecule has 0 aliphatic rings. The molecule has 6 heteroatoms. The first-order valence-electron chi connectivity index (χ1n) is 5.72. The number of hydrogen-bond acceptors (Lipinski definition) is 3. The van der Waals surface area contributed by atoms with Crippen LogP contribution in [-0.4, -0.2) is 17.0 Å². The summed E-state index contributed by atoms with van der Waals surface area (Å²) in [5.41, 5.74) is 5.69. The normalized spacial score (nSPS) is 9.85. The first-order valence-corrected chi connectivity index (χ1v) is 6.10. The van der Waals surface area contributed by atoms with E-state index in [1.165, 1.54) is 18.2 Å². The van der Waals surface area contributed by atoms with Crippen LogP contribution in [-0.2, 0) is 0 Å². The first kappa shape index (κ1) is 13.9. The Kier molecular flexibility index (Phi) is 4.22. The fraction of sp³-hybridized carbons (Fsp3) is 0. The summed E-state index contributed by atoms with van der Waals surface area (Å²) < 4.78 is 0. The lowest BCUT2D eigenvalue weighted by Crippen LogP contribution is -2.30. The molecule has 2 rings (SSSR count). The lowest BCUT2D eigenvalue weighted by atomic mass is 10.2. The summed E-state index contributed by atoms with van der Waals surface area (Å²) in [6.07, 6.45) is 0. The summed E-state index contributed by atoms with van der Waals surface area (Å²) in [6, 6.07) is 12.8. The van der Waals surface area contributed by atoms with Crippen molar-refractivity contribution in [2.24, 2.45) is 0 Å². The zero-order valence-electron chi connectivity index (χ0n) is 10.3. The van der Waals surface area contributed by atoms with Gasteiger partial charge in [-0.3, -0.25) is 15.6 Å². The molecule has 0 aromatic heterocycles. The number of benzene rings is 2. The number of hydrogen-bond donors (Lipinski definition) is 3. The van der Waals surface area contributed by atoms with Crippen molar-refractivity contribution in [2.45, 2.75) is 0 Å². The van der Waals surface area contributed by atoms with E-state index < -0.39 is 5.97 Å². The van der Waals surface area contributed by atoms with Gasteiger partial charge in [-0.25, -0.2) is 4.79 Å². The molecule has 2 aromatic carbocycles. The van der Waals surface area contributed by atoms with E-state index in [0.717, 1.165) is 0 Å². The van der Waals surface area contributed by atoms with E-state index in [2.05, 4.69) is 10.9 Å². The quantitative estimate of drug-likeness (QED) is 0.757. The SMILES string of the molecule is O=C(NNc1cc(Cl)ccc1C(=O)O)c1ccccc1. The second-order valence-corrected chi connectivity index (χ2v) is 4.38. The van der Waals surface area contributed by atoms with Gasteiger partial charge in [-0.1, -0.05) is 29.8 Å². The number of hydrazine groups is 1. The van der Waals surface area contributed by atoms with Crippen molar-refractivity contribution >= 4 is 29.2 Å². The van der Waals surface area contributed by atoms with Crippen molar-refractivity contribution in [3.8, 4) is 0 Å². The molecule has 20 heavy (non-hydrogen) atoms. The van der Waals surface area contributed by atoms with Gasteiger partial charge in [0.2, 0.25) is 0 Å². The summed E-state index contributed by atoms with van der Waals surface area (Å²) in [5.74, 6) is -1.49. The number of aromatic carboxylic acids is 1. The number of nitrogens with one attached hydrogen (secondary N) is 2. The third-order valence-corrected chi connectivity index (χ3v) is 2.79. The highest BCUT2D eigenvalue weighted by molar-refractivity contribution is 6.31. The molecule has 0 bridgehead atoms. The minimum absolute atomic E-state index is 0.0164. The molecule has 0 atom stereocenters. The number of rotatable bonds is 4. The molecule has 5 nitrogen and oxygen atoms in total. The smallest absolute Gasteiger partial charge is 0.337 e. The van der Waals surface area contributed by atoms with Crippen LogP contribution in [0.25, 0.3) is 0 Å². The number of halogens is 1. The van der Waals surface area contributed by atoms with Gasteiger partial charge in [0.25, 0.3) is 5.91 Å². The van der Waals surface area contributed by atoms with Gasteiger partial charge in [0.15, 0.2) is 0 Å². The molecule has 0 heterocycles. The highest BCUT2D eigenvalue weighted by atomic mass is 35.5. The van der Waals surface area contributed by atoms with Crippen LogP contribution < -0.4 is 10.9 Å². The van der Waals surface area contributed by atoms with E-state index >= 15 is 0 Å². The number of carboxylic acids is 1. The molecule has 0 radical (unpaired) electrons. The van der Waals surface area contributed by atoms with E-state index in [0.29, 0.717) is 10.6 Å². The van der Waals surface area contributed by atoms with Gasteiger partial charge < -0.3 is 5.11 Å². The van der Waals surface area contributed by atoms with Crippen molar-refractivity contribution in [3.05, 3.63) is 64.7 Å². The van der Waals surface area contributed by atoms with Gasteiger partial charge in [0.1, 0.15) is 0 Å². The van der Waals surface area contributed by atoms with E-state index in [1.54, 1.807) is 30.3 Å². The molecule has 0 fully saturated rings. The second kappa shape index (κ2) is 6.08. The number of carbonyl (C=O) groups excluding carboxylic acids is 1. The van der Waals surface area contributed by atoms with Gasteiger partial charge in [-0.15, -0.1) is 0 Å². The molecule has 3 N–H and O–H groups in total. The number of carbonyl (C=O) groups is 2. The molecule has 2 aromatic rings. The van der Waals surface area contributed by atoms with Gasteiger partial charge in [-0.05, 0) is 30.3 Å². The highest BCUT2D eigenvalue weighted by Crippen LogP contribution is 2.20. The average Bonchev–Trinajstić information content (AvgIpc) is 2.45. The van der Waals surface area contributed by atoms with Crippen LogP contribution in [0.15, 0.2) is 48.5 Å². The van der Waals surface area contributed by atoms with Crippen molar-refractivity contribution in [3.63, 3.8) is 0 Å². The molecule has 0 unspecified atom stereocenters. The Morgan fingerprint density at radius 3 is 2.40 bits per heavy atom. The van der Waals surface area contributed by atoms with Crippen molar-refractivity contribution in [1.82, 2.24) is 5.43 Å². The minimum atomic E-state index is -1.11. The highest BCUT2D eigenvalue weighted by Gasteiger charge is 2.11. The Labute approximate surface area is 120 Å². The predicted octanol–water partition coefficient (Wildman–Crippen LogP) is 2.80. The number of carboxylic acid groups (broad SMARTS) is 1. The van der Waals surface area contributed by atoms with Crippen molar-refractivity contribution in [2.75, 3.05) is 5.43 Å². The molecule has 0 saturated heterocycles. The van der Waals surface area contributed by atoms with Crippen LogP contribution in [0.2, 0.25) is 5.02 Å². The van der Waals surface area contributed by atoms with Crippen molar-refractivity contribution in [1.29, 1.82) is 0 Å². The van der Waals surface area contributed by atoms with Crippen LogP contribution in [0, 0.1) is 0 Å². The lowest BCUT2D eigenvalue weighted by molar-refractivity contribution is 0.0697. The maximum absolute atomic E-state index is 11.8. The van der Waals surface area contributed by atoms with Crippen LogP contribution in [0.1, 0.15) is 20.7 Å².